The van der Waals surface area contributed by atoms with E-state index in [1.807, 2.05) is 0 Å². The molecule has 0 saturated carbocycles. The Morgan fingerprint density at radius 3 is 1.36 bits per heavy atom. The van der Waals surface area contributed by atoms with Crippen LogP contribution in [0.4, 0.5) is 26.3 Å². The molecule has 0 fully saturated rings. The Bertz CT molecular complexity index is 616. The number of alkyl halides is 6. The molecule has 0 aromatic carbocycles. The Balaban J connectivity index is 0.00000288. The van der Waals surface area contributed by atoms with Gasteiger partial charge in [-0.05, 0) is 12.1 Å². The highest BCUT2D eigenvalue weighted by Gasteiger charge is 2.34. The van der Waals surface area contributed by atoms with Crippen molar-refractivity contribution in [2.75, 3.05) is 0 Å². The highest BCUT2D eigenvalue weighted by molar-refractivity contribution is 5.09. The van der Waals surface area contributed by atoms with Gasteiger partial charge in [-0.1, -0.05) is 0 Å². The Hall–Kier alpha value is -0.660. The Labute approximate surface area is 174 Å². The molecule has 2 rings (SSSR count). The highest BCUT2D eigenvalue weighted by Crippen LogP contribution is 2.28. The molecule has 0 amide bonds. The first-order chi connectivity index (χ1) is 10.7. The highest BCUT2D eigenvalue weighted by atomic mass is 127. The lowest BCUT2D eigenvalue weighted by Crippen LogP contribution is -3.00. The predicted octanol–water partition coefficient (Wildman–Crippen LogP) is -2.60. The van der Waals surface area contributed by atoms with Crippen LogP contribution in [0.25, 0.3) is 0 Å². The van der Waals surface area contributed by atoms with Gasteiger partial charge in [-0.3, -0.25) is 0 Å². The fourth-order valence-electron chi connectivity index (χ4n) is 2.09. The molecule has 0 aliphatic heterocycles. The third-order valence-electron chi connectivity index (χ3n) is 3.20. The van der Waals surface area contributed by atoms with Crippen molar-refractivity contribution in [2.24, 2.45) is 0 Å². The minimum absolute atomic E-state index is 0. The van der Waals surface area contributed by atoms with E-state index in [0.29, 0.717) is 6.42 Å². The van der Waals surface area contributed by atoms with Gasteiger partial charge in [0.1, 0.15) is 11.1 Å². The van der Waals surface area contributed by atoms with E-state index in [2.05, 4.69) is 0 Å². The zero-order chi connectivity index (χ0) is 17.1. The first-order valence-electron chi connectivity index (χ1n) is 6.79. The van der Waals surface area contributed by atoms with Crippen LogP contribution in [0.1, 0.15) is 17.5 Å². The first-order valence-corrected chi connectivity index (χ1v) is 6.79. The standard InChI is InChI=1S/C15H14F6N2.2HI/c16-14(17,18)12-4-1-6-22(10-12)8-3-9-23-7-2-5-13(11-23)15(19,20)21;;/h1-2,4-7,10-11H,3,8-9H2;2*1H/q+2;;/p-2. The van der Waals surface area contributed by atoms with Crippen molar-refractivity contribution in [1.82, 2.24) is 0 Å². The molecule has 2 nitrogen and oxygen atoms in total. The SMILES string of the molecule is FC(F)(F)c1ccc[n+](CCC[n+]2cccc(C(F)(F)F)c2)c1.[I-].[I-]. The van der Waals surface area contributed by atoms with Crippen LogP contribution >= 0.6 is 0 Å². The summed E-state index contributed by atoms with van der Waals surface area (Å²) in [5.74, 6) is 0. The van der Waals surface area contributed by atoms with Gasteiger partial charge in [0.15, 0.2) is 37.9 Å². The summed E-state index contributed by atoms with van der Waals surface area (Å²) in [5, 5.41) is 0. The summed E-state index contributed by atoms with van der Waals surface area (Å²) in [6, 6.07) is 4.52. The zero-order valence-electron chi connectivity index (χ0n) is 12.7. The maximum absolute atomic E-state index is 12.6. The van der Waals surface area contributed by atoms with Crippen LogP contribution in [0.3, 0.4) is 0 Å². The van der Waals surface area contributed by atoms with Crippen LogP contribution in [0.15, 0.2) is 49.1 Å². The maximum atomic E-state index is 12.6. The van der Waals surface area contributed by atoms with Crippen LogP contribution in [-0.2, 0) is 25.4 Å². The van der Waals surface area contributed by atoms with Gasteiger partial charge in [-0.2, -0.15) is 26.3 Å². The van der Waals surface area contributed by atoms with Crippen molar-refractivity contribution in [3.05, 3.63) is 60.2 Å². The second-order valence-corrected chi connectivity index (χ2v) is 5.01. The first kappa shape index (κ1) is 24.3. The molecular formula is C15H14F6I2N2. The average Bonchev–Trinajstić information content (AvgIpc) is 2.46. The summed E-state index contributed by atoms with van der Waals surface area (Å²) in [6.45, 7) is 0.542. The smallest absolute Gasteiger partial charge is 0.422 e. The van der Waals surface area contributed by atoms with Crippen LogP contribution in [0.2, 0.25) is 0 Å². The van der Waals surface area contributed by atoms with Crippen molar-refractivity contribution in [1.29, 1.82) is 0 Å². The monoisotopic (exact) mass is 590 g/mol. The summed E-state index contributed by atoms with van der Waals surface area (Å²) in [7, 11) is 0. The molecule has 2 heterocycles. The Morgan fingerprint density at radius 1 is 0.680 bits per heavy atom. The number of hydrogen-bond acceptors (Lipinski definition) is 0. The van der Waals surface area contributed by atoms with Crippen molar-refractivity contribution >= 4 is 0 Å². The van der Waals surface area contributed by atoms with Gasteiger partial charge < -0.3 is 48.0 Å². The third kappa shape index (κ3) is 7.62. The van der Waals surface area contributed by atoms with Crippen molar-refractivity contribution < 1.29 is 83.4 Å². The van der Waals surface area contributed by atoms with Crippen molar-refractivity contribution in [2.45, 2.75) is 31.9 Å². The van der Waals surface area contributed by atoms with Gasteiger partial charge in [-0.25, -0.2) is 9.13 Å². The molecule has 2 aromatic heterocycles. The number of nitrogens with zero attached hydrogens (tertiary/aromatic N) is 2. The molecule has 140 valence electrons. The van der Waals surface area contributed by atoms with E-state index in [1.165, 1.54) is 33.7 Å². The quantitative estimate of drug-likeness (QED) is 0.210. The normalized spacial score (nSPS) is 11.4. The number of aromatic nitrogens is 2. The van der Waals surface area contributed by atoms with Crippen LogP contribution in [0, 0.1) is 0 Å². The van der Waals surface area contributed by atoms with E-state index in [4.69, 9.17) is 0 Å². The minimum atomic E-state index is -4.42. The number of rotatable bonds is 4. The van der Waals surface area contributed by atoms with E-state index in [0.717, 1.165) is 24.5 Å². The van der Waals surface area contributed by atoms with Crippen LogP contribution in [-0.4, -0.2) is 0 Å². The molecule has 2 aromatic rings. The Morgan fingerprint density at radius 2 is 1.04 bits per heavy atom. The van der Waals surface area contributed by atoms with Crippen LogP contribution in [0.5, 0.6) is 0 Å². The molecular weight excluding hydrogens is 576 g/mol. The van der Waals surface area contributed by atoms with Gasteiger partial charge >= 0.3 is 12.4 Å². The topological polar surface area (TPSA) is 7.76 Å². The molecule has 0 saturated heterocycles. The average molecular weight is 590 g/mol. The molecule has 10 heteroatoms. The van der Waals surface area contributed by atoms with Gasteiger partial charge in [0, 0.05) is 12.1 Å². The van der Waals surface area contributed by atoms with Gasteiger partial charge in [0.05, 0.1) is 6.42 Å². The lowest BCUT2D eigenvalue weighted by molar-refractivity contribution is -0.727. The van der Waals surface area contributed by atoms with E-state index in [1.54, 1.807) is 0 Å². The van der Waals surface area contributed by atoms with Gasteiger partial charge in [0.25, 0.3) is 0 Å². The molecule has 0 aliphatic rings. The van der Waals surface area contributed by atoms with Gasteiger partial charge in [-0.15, -0.1) is 0 Å². The molecule has 0 bridgehead atoms. The second kappa shape index (κ2) is 9.88. The molecule has 25 heavy (non-hydrogen) atoms. The number of halogens is 8. The lowest BCUT2D eigenvalue weighted by atomic mass is 10.2. The van der Waals surface area contributed by atoms with Crippen LogP contribution < -0.4 is 57.1 Å². The van der Waals surface area contributed by atoms with E-state index < -0.39 is 23.5 Å². The number of pyridine rings is 2. The van der Waals surface area contributed by atoms with E-state index in [9.17, 15) is 26.3 Å². The fraction of sp³-hybridized carbons (Fsp3) is 0.333. The Kier molecular flexibility index (Phi) is 9.62. The molecule has 0 aliphatic carbocycles. The minimum Gasteiger partial charge on any atom is -1.00 e. The molecule has 0 unspecified atom stereocenters. The second-order valence-electron chi connectivity index (χ2n) is 5.01. The summed E-state index contributed by atoms with van der Waals surface area (Å²) in [4.78, 5) is 0. The summed E-state index contributed by atoms with van der Waals surface area (Å²) < 4.78 is 78.3. The van der Waals surface area contributed by atoms with Crippen molar-refractivity contribution in [3.63, 3.8) is 0 Å². The number of hydrogen-bond donors (Lipinski definition) is 0. The third-order valence-corrected chi connectivity index (χ3v) is 3.20. The van der Waals surface area contributed by atoms with Gasteiger partial charge in [0.2, 0.25) is 0 Å². The van der Waals surface area contributed by atoms with E-state index >= 15 is 0 Å². The molecule has 0 spiro atoms. The van der Waals surface area contributed by atoms with Crippen molar-refractivity contribution in [3.8, 4) is 0 Å². The predicted molar refractivity (Wildman–Crippen MR) is 67.9 cm³/mol. The molecule has 0 atom stereocenters. The number of aryl methyl sites for hydroxylation is 2. The summed E-state index contributed by atoms with van der Waals surface area (Å²) >= 11 is 0. The lowest BCUT2D eigenvalue weighted by Gasteiger charge is -2.05. The largest absolute Gasteiger partial charge is 1.00 e. The fourth-order valence-corrected chi connectivity index (χ4v) is 2.09. The molecule has 0 N–H and O–H groups in total. The summed E-state index contributed by atoms with van der Waals surface area (Å²) in [5.41, 5.74) is -1.52. The van der Waals surface area contributed by atoms with E-state index in [-0.39, 0.29) is 61.0 Å². The summed E-state index contributed by atoms with van der Waals surface area (Å²) in [6.07, 6.45) is -3.48. The molecule has 0 radical (unpaired) electrons. The maximum Gasteiger partial charge on any atom is 0.422 e. The zero-order valence-corrected chi connectivity index (χ0v) is 17.0.